The first-order valence-corrected chi connectivity index (χ1v) is 10.4. The van der Waals surface area contributed by atoms with Crippen LogP contribution >= 0.6 is 0 Å². The summed E-state index contributed by atoms with van der Waals surface area (Å²) in [6, 6.07) is 5.47. The molecule has 0 unspecified atom stereocenters. The molecule has 0 saturated heterocycles. The van der Waals surface area contributed by atoms with Crippen LogP contribution in [0, 0.1) is 29.0 Å². The second kappa shape index (κ2) is 8.13. The number of nitrogens with one attached hydrogen (secondary N) is 2. The van der Waals surface area contributed by atoms with Crippen molar-refractivity contribution in [1.82, 2.24) is 5.32 Å². The van der Waals surface area contributed by atoms with Gasteiger partial charge in [0.05, 0.1) is 6.42 Å². The molecule has 1 aromatic carbocycles. The van der Waals surface area contributed by atoms with Gasteiger partial charge in [-0.05, 0) is 74.5 Å². The topological polar surface area (TPSA) is 84.5 Å². The van der Waals surface area contributed by atoms with E-state index in [-0.39, 0.29) is 24.3 Å². The zero-order chi connectivity index (χ0) is 20.4. The Labute approximate surface area is 169 Å². The Morgan fingerprint density at radius 1 is 1.07 bits per heavy atom. The molecule has 5 rings (SSSR count). The minimum atomic E-state index is -0.551. The molecule has 0 spiro atoms. The molecule has 156 valence electrons. The molecule has 6 nitrogen and oxygen atoms in total. The Morgan fingerprint density at radius 2 is 1.72 bits per heavy atom. The van der Waals surface area contributed by atoms with E-state index in [1.165, 1.54) is 37.5 Å². The van der Waals surface area contributed by atoms with Gasteiger partial charge < -0.3 is 15.4 Å². The summed E-state index contributed by atoms with van der Waals surface area (Å²) in [5.74, 6) is 0.588. The van der Waals surface area contributed by atoms with Crippen LogP contribution in [0.4, 0.5) is 10.1 Å². The van der Waals surface area contributed by atoms with Gasteiger partial charge in [0.15, 0.2) is 6.61 Å². The summed E-state index contributed by atoms with van der Waals surface area (Å²) in [6.07, 6.45) is 6.79. The molecule has 29 heavy (non-hydrogen) atoms. The Balaban J connectivity index is 1.17. The monoisotopic (exact) mass is 402 g/mol. The predicted molar refractivity (Wildman–Crippen MR) is 104 cm³/mol. The van der Waals surface area contributed by atoms with E-state index in [4.69, 9.17) is 4.74 Å². The van der Waals surface area contributed by atoms with Crippen molar-refractivity contribution in [3.05, 3.63) is 30.1 Å². The van der Waals surface area contributed by atoms with Crippen molar-refractivity contribution in [1.29, 1.82) is 0 Å². The summed E-state index contributed by atoms with van der Waals surface area (Å²) < 4.78 is 18.0. The summed E-state index contributed by atoms with van der Waals surface area (Å²) in [4.78, 5) is 36.5. The average Bonchev–Trinajstić information content (AvgIpc) is 2.65. The Morgan fingerprint density at radius 3 is 2.34 bits per heavy atom. The Kier molecular flexibility index (Phi) is 5.56. The number of rotatable bonds is 7. The fourth-order valence-electron chi connectivity index (χ4n) is 5.84. The van der Waals surface area contributed by atoms with Crippen LogP contribution in [-0.2, 0) is 19.1 Å². The lowest BCUT2D eigenvalue weighted by atomic mass is 9.49. The van der Waals surface area contributed by atoms with Gasteiger partial charge in [0, 0.05) is 17.6 Å². The molecule has 1 aromatic rings. The van der Waals surface area contributed by atoms with Crippen molar-refractivity contribution in [2.45, 2.75) is 44.9 Å². The number of carbonyl (C=O) groups excluding carboxylic acids is 3. The van der Waals surface area contributed by atoms with E-state index >= 15 is 0 Å². The molecule has 4 saturated carbocycles. The first-order chi connectivity index (χ1) is 13.9. The Bertz CT molecular complexity index is 774. The van der Waals surface area contributed by atoms with Gasteiger partial charge in [-0.3, -0.25) is 14.4 Å². The van der Waals surface area contributed by atoms with E-state index in [2.05, 4.69) is 10.6 Å². The van der Waals surface area contributed by atoms with Crippen LogP contribution in [0.5, 0.6) is 0 Å². The molecular formula is C22H27FN2O4. The van der Waals surface area contributed by atoms with Crippen molar-refractivity contribution in [3.8, 4) is 0 Å². The number of amides is 2. The molecule has 0 radical (unpaired) electrons. The van der Waals surface area contributed by atoms with Gasteiger partial charge >= 0.3 is 5.97 Å². The zero-order valence-electron chi connectivity index (χ0n) is 16.4. The van der Waals surface area contributed by atoms with E-state index in [9.17, 15) is 18.8 Å². The average molecular weight is 402 g/mol. The first-order valence-electron chi connectivity index (χ1n) is 10.4. The van der Waals surface area contributed by atoms with Gasteiger partial charge in [0.25, 0.3) is 5.91 Å². The third-order valence-corrected chi connectivity index (χ3v) is 6.61. The molecule has 2 amide bonds. The lowest BCUT2D eigenvalue weighted by molar-refractivity contribution is -0.148. The second-order valence-corrected chi connectivity index (χ2v) is 8.92. The first kappa shape index (κ1) is 19.9. The molecular weight excluding hydrogens is 375 g/mol. The zero-order valence-corrected chi connectivity index (χ0v) is 16.4. The summed E-state index contributed by atoms with van der Waals surface area (Å²) in [5.41, 5.74) is 0.0673. The fraction of sp³-hybridized carbons (Fsp3) is 0.591. The quantitative estimate of drug-likeness (QED) is 0.687. The van der Waals surface area contributed by atoms with Crippen molar-refractivity contribution < 1.29 is 23.5 Å². The number of carbonyl (C=O) groups is 3. The van der Waals surface area contributed by atoms with Gasteiger partial charge in [0.1, 0.15) is 5.82 Å². The molecule has 4 aliphatic rings. The van der Waals surface area contributed by atoms with E-state index in [0.717, 1.165) is 19.3 Å². The van der Waals surface area contributed by atoms with Crippen molar-refractivity contribution in [3.63, 3.8) is 0 Å². The summed E-state index contributed by atoms with van der Waals surface area (Å²) in [5, 5.41) is 5.38. The maximum atomic E-state index is 13.1. The maximum Gasteiger partial charge on any atom is 0.308 e. The smallest absolute Gasteiger partial charge is 0.308 e. The molecule has 4 fully saturated rings. The minimum absolute atomic E-state index is 0.0192. The lowest BCUT2D eigenvalue weighted by Crippen LogP contribution is -2.53. The number of halogens is 1. The van der Waals surface area contributed by atoms with Gasteiger partial charge in [-0.15, -0.1) is 0 Å². The van der Waals surface area contributed by atoms with Crippen molar-refractivity contribution >= 4 is 23.5 Å². The standard InChI is InChI=1S/C22H27FN2O4/c23-17-2-1-3-18(9-17)25-19(26)13-29-20(27)4-5-24-21(28)22-10-14-6-15(11-22)8-16(7-14)12-22/h1-3,9,14-16H,4-8,10-13H2,(H,24,28)(H,25,26). The van der Waals surface area contributed by atoms with Gasteiger partial charge in [0.2, 0.25) is 5.91 Å². The van der Waals surface area contributed by atoms with Crippen LogP contribution in [0.25, 0.3) is 0 Å². The molecule has 7 heteroatoms. The van der Waals surface area contributed by atoms with E-state index in [0.29, 0.717) is 23.4 Å². The fourth-order valence-corrected chi connectivity index (χ4v) is 5.84. The van der Waals surface area contributed by atoms with Crippen LogP contribution in [0.3, 0.4) is 0 Å². The van der Waals surface area contributed by atoms with Crippen LogP contribution in [-0.4, -0.2) is 30.9 Å². The normalized spacial score (nSPS) is 29.3. The van der Waals surface area contributed by atoms with E-state index in [1.807, 2.05) is 0 Å². The maximum absolute atomic E-state index is 13.1. The van der Waals surface area contributed by atoms with Gasteiger partial charge in [-0.25, -0.2) is 4.39 Å². The third kappa shape index (κ3) is 4.60. The molecule has 0 atom stereocenters. The third-order valence-electron chi connectivity index (χ3n) is 6.61. The molecule has 4 aliphatic carbocycles. The number of anilines is 1. The van der Waals surface area contributed by atoms with Crippen LogP contribution in [0.1, 0.15) is 44.9 Å². The second-order valence-electron chi connectivity index (χ2n) is 8.92. The highest BCUT2D eigenvalue weighted by Gasteiger charge is 2.54. The number of hydrogen-bond donors (Lipinski definition) is 2. The van der Waals surface area contributed by atoms with Gasteiger partial charge in [-0.2, -0.15) is 0 Å². The highest BCUT2D eigenvalue weighted by Crippen LogP contribution is 2.60. The van der Waals surface area contributed by atoms with Gasteiger partial charge in [-0.1, -0.05) is 6.07 Å². The Hall–Kier alpha value is -2.44. The highest BCUT2D eigenvalue weighted by atomic mass is 19.1. The minimum Gasteiger partial charge on any atom is -0.456 e. The van der Waals surface area contributed by atoms with Crippen molar-refractivity contribution in [2.24, 2.45) is 23.2 Å². The molecule has 4 bridgehead atoms. The largest absolute Gasteiger partial charge is 0.456 e. The predicted octanol–water partition coefficient (Wildman–Crippen LogP) is 3.03. The number of benzene rings is 1. The van der Waals surface area contributed by atoms with E-state index < -0.39 is 24.3 Å². The number of esters is 1. The highest BCUT2D eigenvalue weighted by molar-refractivity contribution is 5.92. The molecule has 2 N–H and O–H groups in total. The number of hydrogen-bond acceptors (Lipinski definition) is 4. The van der Waals surface area contributed by atoms with Crippen LogP contribution in [0.2, 0.25) is 0 Å². The summed E-state index contributed by atoms with van der Waals surface area (Å²) >= 11 is 0. The summed E-state index contributed by atoms with van der Waals surface area (Å²) in [6.45, 7) is -0.233. The molecule has 0 aliphatic heterocycles. The van der Waals surface area contributed by atoms with Crippen LogP contribution < -0.4 is 10.6 Å². The number of ether oxygens (including phenoxy) is 1. The van der Waals surface area contributed by atoms with E-state index in [1.54, 1.807) is 6.07 Å². The van der Waals surface area contributed by atoms with Crippen molar-refractivity contribution in [2.75, 3.05) is 18.5 Å². The summed E-state index contributed by atoms with van der Waals surface area (Å²) in [7, 11) is 0. The SMILES string of the molecule is O=C(COC(=O)CCNC(=O)C12CC3CC(CC(C3)C1)C2)Nc1cccc(F)c1. The molecule has 0 aromatic heterocycles. The van der Waals surface area contributed by atoms with Crippen LogP contribution in [0.15, 0.2) is 24.3 Å². The molecule has 0 heterocycles. The lowest BCUT2D eigenvalue weighted by Gasteiger charge is -2.55.